The number of urea groups is 1. The lowest BCUT2D eigenvalue weighted by Crippen LogP contribution is -2.45. The van der Waals surface area contributed by atoms with Crippen LogP contribution < -0.4 is 10.6 Å². The van der Waals surface area contributed by atoms with Crippen LogP contribution in [0.5, 0.6) is 0 Å². The van der Waals surface area contributed by atoms with Crippen molar-refractivity contribution in [2.24, 2.45) is 11.3 Å². The summed E-state index contributed by atoms with van der Waals surface area (Å²) in [7, 11) is 0. The lowest BCUT2D eigenvalue weighted by Gasteiger charge is -2.41. The number of aliphatic carboxylic acids is 1. The van der Waals surface area contributed by atoms with Gasteiger partial charge in [-0.3, -0.25) is 4.79 Å². The van der Waals surface area contributed by atoms with Gasteiger partial charge in [0.25, 0.3) is 5.91 Å². The third-order valence-electron chi connectivity index (χ3n) is 7.15. The van der Waals surface area contributed by atoms with Gasteiger partial charge in [0.05, 0.1) is 16.6 Å². The van der Waals surface area contributed by atoms with Crippen molar-refractivity contribution in [3.63, 3.8) is 0 Å². The van der Waals surface area contributed by atoms with Gasteiger partial charge >= 0.3 is 17.9 Å². The topological polar surface area (TPSA) is 98.7 Å². The largest absolute Gasteiger partial charge is 0.477 e. The van der Waals surface area contributed by atoms with E-state index in [-0.39, 0.29) is 29.6 Å². The van der Waals surface area contributed by atoms with Gasteiger partial charge in [0.1, 0.15) is 0 Å². The fourth-order valence-corrected chi connectivity index (χ4v) is 5.01. The zero-order valence-corrected chi connectivity index (χ0v) is 23.6. The summed E-state index contributed by atoms with van der Waals surface area (Å²) in [5.74, 6) is -6.64. The van der Waals surface area contributed by atoms with Gasteiger partial charge in [0.15, 0.2) is 0 Å². The van der Waals surface area contributed by atoms with E-state index in [2.05, 4.69) is 26.1 Å². The second kappa shape index (κ2) is 12.5. The molecule has 212 valence electrons. The van der Waals surface area contributed by atoms with E-state index in [1.807, 2.05) is 5.32 Å². The highest BCUT2D eigenvalue weighted by molar-refractivity contribution is 6.42. The van der Waals surface area contributed by atoms with Gasteiger partial charge in [-0.1, -0.05) is 56.1 Å². The number of alkyl halides is 2. The number of nitrogens with one attached hydrogen (secondary N) is 2. The molecule has 0 radical (unpaired) electrons. The third-order valence-corrected chi connectivity index (χ3v) is 7.89. The van der Waals surface area contributed by atoms with Crippen LogP contribution in [0.25, 0.3) is 0 Å². The van der Waals surface area contributed by atoms with Crippen molar-refractivity contribution in [3.8, 4) is 0 Å². The van der Waals surface area contributed by atoms with Crippen LogP contribution in [0.1, 0.15) is 62.4 Å². The summed E-state index contributed by atoms with van der Waals surface area (Å²) in [6, 6.07) is 10.7. The number of hydrogen-bond donors (Lipinski definition) is 3. The molecule has 0 heterocycles. The average Bonchev–Trinajstić information content (AvgIpc) is 2.88. The number of carbonyl (C=O) groups is 3. The van der Waals surface area contributed by atoms with Crippen LogP contribution >= 0.6 is 23.2 Å². The molecule has 0 aliphatic heterocycles. The molecule has 3 rings (SSSR count). The van der Waals surface area contributed by atoms with Gasteiger partial charge in [-0.2, -0.15) is 8.78 Å². The van der Waals surface area contributed by atoms with Crippen LogP contribution in [-0.2, 0) is 11.3 Å². The molecule has 3 amide bonds. The number of benzene rings is 2. The fourth-order valence-electron chi connectivity index (χ4n) is 4.72. The smallest absolute Gasteiger partial charge is 0.376 e. The second-order valence-electron chi connectivity index (χ2n) is 10.9. The quantitative estimate of drug-likeness (QED) is 0.309. The third kappa shape index (κ3) is 8.29. The Hall–Kier alpha value is -2.91. The number of nitrogens with zero attached hydrogens (tertiary/aromatic N) is 1. The number of amides is 3. The van der Waals surface area contributed by atoms with Gasteiger partial charge < -0.3 is 20.6 Å². The van der Waals surface area contributed by atoms with Gasteiger partial charge in [-0.15, -0.1) is 0 Å². The van der Waals surface area contributed by atoms with E-state index < -0.39 is 24.3 Å². The summed E-state index contributed by atoms with van der Waals surface area (Å²) in [6.07, 6.45) is 3.67. The van der Waals surface area contributed by atoms with E-state index in [9.17, 15) is 23.2 Å². The minimum atomic E-state index is -4.07. The molecule has 0 spiro atoms. The zero-order valence-electron chi connectivity index (χ0n) is 22.1. The van der Waals surface area contributed by atoms with Crippen molar-refractivity contribution < 1.29 is 28.3 Å². The first-order chi connectivity index (χ1) is 18.2. The van der Waals surface area contributed by atoms with E-state index in [1.165, 1.54) is 12.1 Å². The Bertz CT molecular complexity index is 1190. The molecule has 1 aliphatic rings. The predicted octanol–water partition coefficient (Wildman–Crippen LogP) is 7.08. The van der Waals surface area contributed by atoms with Crippen molar-refractivity contribution >= 4 is 46.8 Å². The molecule has 2 aromatic carbocycles. The number of rotatable bonds is 8. The molecule has 11 heteroatoms. The maximum Gasteiger partial charge on any atom is 0.376 e. The molecule has 0 aromatic heterocycles. The molecule has 1 fully saturated rings. The van der Waals surface area contributed by atoms with Crippen LogP contribution in [0.3, 0.4) is 0 Å². The lowest BCUT2D eigenvalue weighted by molar-refractivity contribution is -0.163. The average molecular weight is 584 g/mol. The molecular formula is C28H33Cl2F2N3O4. The fraction of sp³-hybridized carbons (Fsp3) is 0.464. The van der Waals surface area contributed by atoms with Crippen LogP contribution in [0.2, 0.25) is 10.0 Å². The number of halogens is 4. The molecule has 3 N–H and O–H groups in total. The number of carboxylic acid groups (broad SMARTS) is 1. The number of hydrogen-bond acceptors (Lipinski definition) is 3. The molecule has 1 saturated carbocycles. The maximum atomic E-state index is 13.5. The highest BCUT2D eigenvalue weighted by Crippen LogP contribution is 2.39. The molecular weight excluding hydrogens is 551 g/mol. The van der Waals surface area contributed by atoms with Crippen LogP contribution in [0.15, 0.2) is 42.5 Å². The van der Waals surface area contributed by atoms with Gasteiger partial charge in [-0.25, -0.2) is 9.59 Å². The van der Waals surface area contributed by atoms with Gasteiger partial charge in [0, 0.05) is 23.8 Å². The minimum Gasteiger partial charge on any atom is -0.477 e. The molecule has 7 nitrogen and oxygen atoms in total. The summed E-state index contributed by atoms with van der Waals surface area (Å²) >= 11 is 12.1. The molecule has 1 aliphatic carbocycles. The van der Waals surface area contributed by atoms with Crippen LogP contribution in [0, 0.1) is 11.3 Å². The Morgan fingerprint density at radius 2 is 1.59 bits per heavy atom. The van der Waals surface area contributed by atoms with Gasteiger partial charge in [0.2, 0.25) is 0 Å². The molecule has 0 saturated heterocycles. The Labute approximate surface area is 236 Å². The number of carbonyl (C=O) groups excluding carboxylic acids is 2. The Balaban J connectivity index is 1.74. The number of carboxylic acids is 1. The standard InChI is InChI=1S/C28H33Cl2F2N3O4/c1-27(2,3)19-8-11-21(12-9-19)35(26(39)34-20-10-13-22(29)23(30)14-20)15-17-4-6-18(7-5-17)24(36)33-16-28(31,32)25(37)38/h4-7,10,13-14,19,21H,8-9,11-12,15-16H2,1-3H3,(H,33,36)(H,34,39)(H,37,38). The van der Waals surface area contributed by atoms with Crippen molar-refractivity contribution in [1.82, 2.24) is 10.2 Å². The highest BCUT2D eigenvalue weighted by atomic mass is 35.5. The van der Waals surface area contributed by atoms with E-state index in [4.69, 9.17) is 28.3 Å². The summed E-state index contributed by atoms with van der Waals surface area (Å²) in [5.41, 5.74) is 1.53. The first-order valence-corrected chi connectivity index (χ1v) is 13.4. The summed E-state index contributed by atoms with van der Waals surface area (Å²) in [5, 5.41) is 14.1. The predicted molar refractivity (Wildman–Crippen MR) is 148 cm³/mol. The summed E-state index contributed by atoms with van der Waals surface area (Å²) < 4.78 is 26.6. The molecule has 0 bridgehead atoms. The van der Waals surface area contributed by atoms with Gasteiger partial charge in [-0.05, 0) is 72.9 Å². The Morgan fingerprint density at radius 1 is 0.974 bits per heavy atom. The Morgan fingerprint density at radius 3 is 2.13 bits per heavy atom. The van der Waals surface area contributed by atoms with Crippen molar-refractivity contribution in [3.05, 3.63) is 63.6 Å². The lowest BCUT2D eigenvalue weighted by atomic mass is 9.71. The SMILES string of the molecule is CC(C)(C)C1CCC(N(Cc2ccc(C(=O)NCC(F)(F)C(=O)O)cc2)C(=O)Nc2ccc(Cl)c(Cl)c2)CC1. The highest BCUT2D eigenvalue weighted by Gasteiger charge is 2.39. The molecule has 2 aromatic rings. The van der Waals surface area contributed by atoms with E-state index in [0.717, 1.165) is 31.2 Å². The number of anilines is 1. The zero-order chi connectivity index (χ0) is 29.0. The minimum absolute atomic E-state index is 0.00685. The van der Waals surface area contributed by atoms with Crippen molar-refractivity contribution in [1.29, 1.82) is 0 Å². The molecule has 0 unspecified atom stereocenters. The normalized spacial score (nSPS) is 17.8. The first kappa shape index (κ1) is 30.6. The van der Waals surface area contributed by atoms with E-state index >= 15 is 0 Å². The maximum absolute atomic E-state index is 13.5. The van der Waals surface area contributed by atoms with E-state index in [0.29, 0.717) is 21.7 Å². The second-order valence-corrected chi connectivity index (χ2v) is 11.8. The molecule has 39 heavy (non-hydrogen) atoms. The first-order valence-electron chi connectivity index (χ1n) is 12.7. The Kier molecular flexibility index (Phi) is 9.83. The van der Waals surface area contributed by atoms with E-state index in [1.54, 1.807) is 35.2 Å². The van der Waals surface area contributed by atoms with Crippen molar-refractivity contribution in [2.45, 2.75) is 65.0 Å². The van der Waals surface area contributed by atoms with Crippen molar-refractivity contribution in [2.75, 3.05) is 11.9 Å². The van der Waals surface area contributed by atoms with Crippen LogP contribution in [-0.4, -0.2) is 46.4 Å². The molecule has 0 atom stereocenters. The summed E-state index contributed by atoms with van der Waals surface area (Å²) in [4.78, 5) is 38.0. The summed E-state index contributed by atoms with van der Waals surface area (Å²) in [6.45, 7) is 5.63. The monoisotopic (exact) mass is 583 g/mol. The van der Waals surface area contributed by atoms with Crippen LogP contribution in [0.4, 0.5) is 19.3 Å².